The Labute approximate surface area is 180 Å². The number of carbonyl (C=O) groups is 1. The number of hydrogen-bond acceptors (Lipinski definition) is 7. The number of rotatable bonds is 6. The van der Waals surface area contributed by atoms with E-state index >= 15 is 0 Å². The number of benzene rings is 1. The second-order valence-electron chi connectivity index (χ2n) is 7.26. The third-order valence-corrected chi connectivity index (χ3v) is 5.27. The molecule has 2 aromatic heterocycles. The first-order valence-electron chi connectivity index (χ1n) is 10.1. The average molecular weight is 423 g/mol. The van der Waals surface area contributed by atoms with Crippen molar-refractivity contribution in [2.75, 3.05) is 27.3 Å². The van der Waals surface area contributed by atoms with Crippen LogP contribution in [0.4, 0.5) is 0 Å². The lowest BCUT2D eigenvalue weighted by molar-refractivity contribution is 0.0577. The maximum absolute atomic E-state index is 13.1. The van der Waals surface area contributed by atoms with Gasteiger partial charge in [0.05, 0.1) is 19.9 Å². The number of methoxy groups -OCH3 is 2. The smallest absolute Gasteiger partial charge is 0.319 e. The van der Waals surface area contributed by atoms with Gasteiger partial charge in [-0.3, -0.25) is 9.48 Å². The molecule has 9 heteroatoms. The lowest BCUT2D eigenvalue weighted by Gasteiger charge is -2.31. The van der Waals surface area contributed by atoms with Crippen molar-refractivity contribution in [2.45, 2.75) is 18.9 Å². The van der Waals surface area contributed by atoms with Crippen molar-refractivity contribution >= 4 is 5.91 Å². The predicted molar refractivity (Wildman–Crippen MR) is 113 cm³/mol. The largest absolute Gasteiger partial charge is 0.497 e. The topological polar surface area (TPSA) is 91.6 Å². The van der Waals surface area contributed by atoms with Gasteiger partial charge < -0.3 is 19.1 Å². The van der Waals surface area contributed by atoms with Crippen LogP contribution in [0.2, 0.25) is 0 Å². The minimum Gasteiger partial charge on any atom is -0.497 e. The molecule has 0 bridgehead atoms. The maximum Gasteiger partial charge on any atom is 0.319 e. The molecule has 9 nitrogen and oxygen atoms in total. The molecule has 0 N–H and O–H groups in total. The van der Waals surface area contributed by atoms with Gasteiger partial charge in [0.25, 0.3) is 5.91 Å². The molecule has 31 heavy (non-hydrogen) atoms. The monoisotopic (exact) mass is 423 g/mol. The van der Waals surface area contributed by atoms with E-state index in [2.05, 4.69) is 15.1 Å². The van der Waals surface area contributed by atoms with Crippen LogP contribution in [-0.4, -0.2) is 64.0 Å². The molecule has 4 rings (SSSR count). The number of likely N-dealkylation sites (tertiary alicyclic amines) is 1. The fraction of sp³-hybridized carbons (Fsp3) is 0.364. The molecule has 1 fully saturated rings. The Morgan fingerprint density at radius 1 is 1.10 bits per heavy atom. The van der Waals surface area contributed by atoms with Gasteiger partial charge in [-0.2, -0.15) is 10.1 Å². The first-order chi connectivity index (χ1) is 15.1. The van der Waals surface area contributed by atoms with E-state index in [0.717, 1.165) is 29.8 Å². The molecule has 1 amide bonds. The summed E-state index contributed by atoms with van der Waals surface area (Å²) in [6.45, 7) is 1.21. The second kappa shape index (κ2) is 9.03. The maximum atomic E-state index is 13.1. The van der Waals surface area contributed by atoms with Crippen molar-refractivity contribution in [3.8, 4) is 28.9 Å². The SMILES string of the molecule is COc1cccc(-c2cc(C(=O)N3CCC(Oc4ccnc(OC)n4)CC3)n(C)n2)c1. The van der Waals surface area contributed by atoms with Crippen LogP contribution in [0.3, 0.4) is 0 Å². The van der Waals surface area contributed by atoms with Crippen molar-refractivity contribution in [3.63, 3.8) is 0 Å². The summed E-state index contributed by atoms with van der Waals surface area (Å²) in [6, 6.07) is 11.4. The molecule has 0 unspecified atom stereocenters. The van der Waals surface area contributed by atoms with Gasteiger partial charge in [0.2, 0.25) is 5.88 Å². The van der Waals surface area contributed by atoms with Gasteiger partial charge in [-0.15, -0.1) is 0 Å². The van der Waals surface area contributed by atoms with Crippen molar-refractivity contribution in [1.82, 2.24) is 24.6 Å². The van der Waals surface area contributed by atoms with Crippen LogP contribution in [0.1, 0.15) is 23.3 Å². The van der Waals surface area contributed by atoms with E-state index in [4.69, 9.17) is 14.2 Å². The van der Waals surface area contributed by atoms with E-state index in [0.29, 0.717) is 24.7 Å². The highest BCUT2D eigenvalue weighted by molar-refractivity contribution is 5.93. The molecule has 0 saturated carbocycles. The Kier molecular flexibility index (Phi) is 6.01. The Morgan fingerprint density at radius 3 is 2.65 bits per heavy atom. The molecule has 3 aromatic rings. The van der Waals surface area contributed by atoms with Crippen LogP contribution in [0.25, 0.3) is 11.3 Å². The Balaban J connectivity index is 1.40. The molecule has 0 aliphatic carbocycles. The first-order valence-corrected chi connectivity index (χ1v) is 10.1. The normalized spacial score (nSPS) is 14.4. The lowest BCUT2D eigenvalue weighted by atomic mass is 10.1. The molecule has 0 atom stereocenters. The molecule has 3 heterocycles. The quantitative estimate of drug-likeness (QED) is 0.602. The number of amides is 1. The predicted octanol–water partition coefficient (Wildman–Crippen LogP) is 2.58. The zero-order valence-electron chi connectivity index (χ0n) is 17.8. The number of nitrogens with zero attached hydrogens (tertiary/aromatic N) is 5. The minimum atomic E-state index is -0.0358. The van der Waals surface area contributed by atoms with Crippen LogP contribution < -0.4 is 14.2 Å². The summed E-state index contributed by atoms with van der Waals surface area (Å²) >= 11 is 0. The van der Waals surface area contributed by atoms with Gasteiger partial charge in [0, 0.05) is 50.8 Å². The summed E-state index contributed by atoms with van der Waals surface area (Å²) in [5, 5.41) is 4.52. The molecule has 1 saturated heterocycles. The molecule has 1 aliphatic rings. The van der Waals surface area contributed by atoms with Gasteiger partial charge in [-0.05, 0) is 18.2 Å². The molecular formula is C22H25N5O4. The van der Waals surface area contributed by atoms with E-state index < -0.39 is 0 Å². The van der Waals surface area contributed by atoms with Gasteiger partial charge in [-0.1, -0.05) is 12.1 Å². The first kappa shape index (κ1) is 20.6. The number of piperidine rings is 1. The summed E-state index contributed by atoms with van der Waals surface area (Å²) in [6.07, 6.45) is 3.03. The summed E-state index contributed by atoms with van der Waals surface area (Å²) in [5.74, 6) is 1.19. The zero-order valence-corrected chi connectivity index (χ0v) is 17.8. The van der Waals surface area contributed by atoms with Crippen LogP contribution in [0, 0.1) is 0 Å². The summed E-state index contributed by atoms with van der Waals surface area (Å²) in [4.78, 5) is 23.1. The molecule has 1 aliphatic heterocycles. The van der Waals surface area contributed by atoms with Crippen LogP contribution in [0.15, 0.2) is 42.6 Å². The number of carbonyl (C=O) groups excluding carboxylic acids is 1. The summed E-state index contributed by atoms with van der Waals surface area (Å²) in [5.41, 5.74) is 2.19. The lowest BCUT2D eigenvalue weighted by Crippen LogP contribution is -2.42. The Hall–Kier alpha value is -3.62. The van der Waals surface area contributed by atoms with Gasteiger partial charge >= 0.3 is 6.01 Å². The van der Waals surface area contributed by atoms with Crippen molar-refractivity contribution < 1.29 is 19.0 Å². The number of aromatic nitrogens is 4. The number of hydrogen-bond donors (Lipinski definition) is 0. The highest BCUT2D eigenvalue weighted by Crippen LogP contribution is 2.25. The fourth-order valence-corrected chi connectivity index (χ4v) is 3.59. The summed E-state index contributed by atoms with van der Waals surface area (Å²) < 4.78 is 17.9. The highest BCUT2D eigenvalue weighted by Gasteiger charge is 2.27. The van der Waals surface area contributed by atoms with Crippen LogP contribution >= 0.6 is 0 Å². The van der Waals surface area contributed by atoms with E-state index in [1.165, 1.54) is 7.11 Å². The van der Waals surface area contributed by atoms with Crippen molar-refractivity contribution in [3.05, 3.63) is 48.3 Å². The van der Waals surface area contributed by atoms with Crippen molar-refractivity contribution in [2.24, 2.45) is 7.05 Å². The third-order valence-electron chi connectivity index (χ3n) is 5.27. The summed E-state index contributed by atoms with van der Waals surface area (Å²) in [7, 11) is 4.93. The minimum absolute atomic E-state index is 0.0115. The Bertz CT molecular complexity index is 1060. The van der Waals surface area contributed by atoms with E-state index in [9.17, 15) is 4.79 Å². The second-order valence-corrected chi connectivity index (χ2v) is 7.26. The van der Waals surface area contributed by atoms with Gasteiger partial charge in [-0.25, -0.2) is 4.98 Å². The van der Waals surface area contributed by atoms with Crippen molar-refractivity contribution in [1.29, 1.82) is 0 Å². The van der Waals surface area contributed by atoms with Gasteiger partial charge in [0.1, 0.15) is 17.5 Å². The molecule has 1 aromatic carbocycles. The van der Waals surface area contributed by atoms with Crippen LogP contribution in [-0.2, 0) is 7.05 Å². The molecule has 0 spiro atoms. The highest BCUT2D eigenvalue weighted by atomic mass is 16.5. The number of aryl methyl sites for hydroxylation is 1. The Morgan fingerprint density at radius 2 is 1.90 bits per heavy atom. The van der Waals surface area contributed by atoms with E-state index in [-0.39, 0.29) is 18.0 Å². The number of ether oxygens (including phenoxy) is 3. The zero-order chi connectivity index (χ0) is 21.8. The standard InChI is InChI=1S/C22H25N5O4/c1-26-19(14-18(25-26)15-5-4-6-17(13-15)29-2)21(28)27-11-8-16(9-12-27)31-20-7-10-23-22(24-20)30-3/h4-7,10,13-14,16H,8-9,11-12H2,1-3H3. The van der Waals surface area contributed by atoms with Crippen LogP contribution in [0.5, 0.6) is 17.6 Å². The third kappa shape index (κ3) is 4.60. The van der Waals surface area contributed by atoms with E-state index in [1.807, 2.05) is 35.2 Å². The van der Waals surface area contributed by atoms with Gasteiger partial charge in [0.15, 0.2) is 0 Å². The molecule has 0 radical (unpaired) electrons. The molecular weight excluding hydrogens is 398 g/mol. The van der Waals surface area contributed by atoms with E-state index in [1.54, 1.807) is 31.1 Å². The average Bonchev–Trinajstić information content (AvgIpc) is 3.21. The molecule has 162 valence electrons. The fourth-order valence-electron chi connectivity index (χ4n) is 3.59.